The van der Waals surface area contributed by atoms with Crippen LogP contribution in [0.25, 0.3) is 0 Å². The molecule has 1 fully saturated rings. The van der Waals surface area contributed by atoms with Crippen LogP contribution in [0, 0.1) is 5.92 Å². The van der Waals surface area contributed by atoms with Crippen molar-refractivity contribution in [1.29, 1.82) is 0 Å². The largest absolute Gasteiger partial charge is 0.497 e. The average molecular weight is 474 g/mol. The standard InChI is InChI=1S/C23H31N5O4S/c1-3-4-5-12-24-19(29)15-16-10-13-28(14-11-16)23(31)22-27-26-21(33-22)20(30)25-17-6-8-18(32-2)9-7-17/h6-9,16H,3-5,10-15H2,1-2H3,(H,24,29)(H,25,30). The number of hydrogen-bond acceptors (Lipinski definition) is 7. The SMILES string of the molecule is CCCCCNC(=O)CC1CCN(C(=O)c2nnc(C(=O)Nc3ccc(OC)cc3)s2)CC1. The van der Waals surface area contributed by atoms with Crippen molar-refractivity contribution in [3.05, 3.63) is 34.3 Å². The summed E-state index contributed by atoms with van der Waals surface area (Å²) >= 11 is 0.980. The van der Waals surface area contributed by atoms with Crippen molar-refractivity contribution in [2.24, 2.45) is 5.92 Å². The summed E-state index contributed by atoms with van der Waals surface area (Å²) in [7, 11) is 1.57. The number of piperidine rings is 1. The molecule has 0 saturated carbocycles. The fourth-order valence-corrected chi connectivity index (χ4v) is 4.38. The summed E-state index contributed by atoms with van der Waals surface area (Å²) in [5.41, 5.74) is 0.598. The Labute approximate surface area is 197 Å². The van der Waals surface area contributed by atoms with E-state index >= 15 is 0 Å². The van der Waals surface area contributed by atoms with Gasteiger partial charge in [-0.2, -0.15) is 0 Å². The number of nitrogens with zero attached hydrogens (tertiary/aromatic N) is 3. The number of rotatable bonds is 10. The lowest BCUT2D eigenvalue weighted by Gasteiger charge is -2.31. The molecule has 1 aromatic heterocycles. The minimum Gasteiger partial charge on any atom is -0.497 e. The van der Waals surface area contributed by atoms with E-state index in [1.54, 1.807) is 36.3 Å². The van der Waals surface area contributed by atoms with Gasteiger partial charge in [-0.3, -0.25) is 14.4 Å². The Bertz CT molecular complexity index is 939. The van der Waals surface area contributed by atoms with Gasteiger partial charge in [-0.15, -0.1) is 10.2 Å². The number of anilines is 1. The number of ether oxygens (including phenoxy) is 1. The summed E-state index contributed by atoms with van der Waals surface area (Å²) in [6.07, 6.45) is 5.32. The lowest BCUT2D eigenvalue weighted by molar-refractivity contribution is -0.122. The summed E-state index contributed by atoms with van der Waals surface area (Å²) in [4.78, 5) is 39.1. The summed E-state index contributed by atoms with van der Waals surface area (Å²) in [5, 5.41) is 13.9. The minimum atomic E-state index is -0.416. The number of nitrogens with one attached hydrogen (secondary N) is 2. The van der Waals surface area contributed by atoms with Crippen molar-refractivity contribution < 1.29 is 19.1 Å². The number of hydrogen-bond donors (Lipinski definition) is 2. The molecule has 1 aromatic carbocycles. The Balaban J connectivity index is 1.45. The van der Waals surface area contributed by atoms with Gasteiger partial charge in [0.15, 0.2) is 0 Å². The maximum Gasteiger partial charge on any atom is 0.286 e. The van der Waals surface area contributed by atoms with Crippen LogP contribution in [0.3, 0.4) is 0 Å². The van der Waals surface area contributed by atoms with Gasteiger partial charge in [0, 0.05) is 31.7 Å². The second-order valence-electron chi connectivity index (χ2n) is 8.09. The first kappa shape index (κ1) is 24.6. The second kappa shape index (κ2) is 12.3. The molecule has 0 radical (unpaired) electrons. The van der Waals surface area contributed by atoms with E-state index in [9.17, 15) is 14.4 Å². The molecule has 0 unspecified atom stereocenters. The molecule has 3 amide bonds. The molecule has 2 N–H and O–H groups in total. The number of carbonyl (C=O) groups is 3. The first-order chi connectivity index (χ1) is 16.0. The van der Waals surface area contributed by atoms with Crippen LogP contribution in [0.2, 0.25) is 0 Å². The highest BCUT2D eigenvalue weighted by Crippen LogP contribution is 2.23. The zero-order valence-electron chi connectivity index (χ0n) is 19.1. The third kappa shape index (κ3) is 7.24. The van der Waals surface area contributed by atoms with Gasteiger partial charge in [-0.05, 0) is 49.4 Å². The lowest BCUT2D eigenvalue weighted by Crippen LogP contribution is -2.39. The molecule has 2 aromatic rings. The zero-order chi connectivity index (χ0) is 23.6. The highest BCUT2D eigenvalue weighted by Gasteiger charge is 2.27. The predicted octanol–water partition coefficient (Wildman–Crippen LogP) is 3.35. The second-order valence-corrected chi connectivity index (χ2v) is 9.07. The van der Waals surface area contributed by atoms with E-state index in [1.165, 1.54) is 0 Å². The van der Waals surface area contributed by atoms with Crippen molar-refractivity contribution >= 4 is 34.7 Å². The van der Waals surface area contributed by atoms with Crippen molar-refractivity contribution in [3.63, 3.8) is 0 Å². The van der Waals surface area contributed by atoms with E-state index < -0.39 is 5.91 Å². The maximum absolute atomic E-state index is 12.8. The Morgan fingerprint density at radius 2 is 1.79 bits per heavy atom. The Morgan fingerprint density at radius 1 is 1.09 bits per heavy atom. The first-order valence-electron chi connectivity index (χ1n) is 11.3. The molecule has 0 spiro atoms. The fraction of sp³-hybridized carbons (Fsp3) is 0.522. The number of amides is 3. The molecular formula is C23H31N5O4S. The molecule has 33 heavy (non-hydrogen) atoms. The molecule has 3 rings (SSSR count). The van der Waals surface area contributed by atoms with Crippen LogP contribution in [0.5, 0.6) is 5.75 Å². The molecular weight excluding hydrogens is 442 g/mol. The highest BCUT2D eigenvalue weighted by molar-refractivity contribution is 7.15. The molecule has 178 valence electrons. The maximum atomic E-state index is 12.8. The Hall–Kier alpha value is -3.01. The molecule has 0 bridgehead atoms. The van der Waals surface area contributed by atoms with Crippen LogP contribution < -0.4 is 15.4 Å². The third-order valence-corrected chi connectivity index (χ3v) is 6.54. The van der Waals surface area contributed by atoms with Gasteiger partial charge in [0.2, 0.25) is 15.9 Å². The summed E-state index contributed by atoms with van der Waals surface area (Å²) in [6, 6.07) is 6.92. The van der Waals surface area contributed by atoms with Crippen LogP contribution in [0.15, 0.2) is 24.3 Å². The average Bonchev–Trinajstić information content (AvgIpc) is 3.33. The predicted molar refractivity (Wildman–Crippen MR) is 127 cm³/mol. The third-order valence-electron chi connectivity index (χ3n) is 5.63. The number of likely N-dealkylation sites (tertiary alicyclic amines) is 1. The Kier molecular flexibility index (Phi) is 9.17. The fourth-order valence-electron chi connectivity index (χ4n) is 3.67. The zero-order valence-corrected chi connectivity index (χ0v) is 20.0. The van der Waals surface area contributed by atoms with E-state index in [0.717, 1.165) is 50.0 Å². The van der Waals surface area contributed by atoms with Gasteiger partial charge >= 0.3 is 0 Å². The smallest absolute Gasteiger partial charge is 0.286 e. The number of benzene rings is 1. The molecule has 2 heterocycles. The highest BCUT2D eigenvalue weighted by atomic mass is 32.1. The van der Waals surface area contributed by atoms with E-state index in [1.807, 2.05) is 0 Å². The molecule has 1 aliphatic rings. The van der Waals surface area contributed by atoms with E-state index in [4.69, 9.17) is 4.74 Å². The van der Waals surface area contributed by atoms with E-state index in [0.29, 0.717) is 30.9 Å². The molecule has 0 aliphatic carbocycles. The monoisotopic (exact) mass is 473 g/mol. The number of aromatic nitrogens is 2. The van der Waals surface area contributed by atoms with Crippen molar-refractivity contribution in [2.75, 3.05) is 32.1 Å². The van der Waals surface area contributed by atoms with Gasteiger partial charge in [0.25, 0.3) is 11.8 Å². The number of methoxy groups -OCH3 is 1. The van der Waals surface area contributed by atoms with E-state index in [2.05, 4.69) is 27.8 Å². The summed E-state index contributed by atoms with van der Waals surface area (Å²) in [5.74, 6) is 0.417. The normalized spacial score (nSPS) is 14.1. The summed E-state index contributed by atoms with van der Waals surface area (Å²) < 4.78 is 5.10. The van der Waals surface area contributed by atoms with Crippen LogP contribution in [0.1, 0.15) is 65.1 Å². The van der Waals surface area contributed by atoms with Crippen LogP contribution in [0.4, 0.5) is 5.69 Å². The quantitative estimate of drug-likeness (QED) is 0.512. The van der Waals surface area contributed by atoms with Gasteiger partial charge in [-0.25, -0.2) is 0 Å². The molecule has 10 heteroatoms. The van der Waals surface area contributed by atoms with Crippen LogP contribution >= 0.6 is 11.3 Å². The van der Waals surface area contributed by atoms with Crippen LogP contribution in [-0.2, 0) is 4.79 Å². The molecule has 1 saturated heterocycles. The number of carbonyl (C=O) groups excluding carboxylic acids is 3. The Morgan fingerprint density at radius 3 is 2.45 bits per heavy atom. The van der Waals surface area contributed by atoms with Crippen LogP contribution in [-0.4, -0.2) is 59.6 Å². The molecule has 1 aliphatic heterocycles. The number of unbranched alkanes of at least 4 members (excludes halogenated alkanes) is 2. The van der Waals surface area contributed by atoms with Gasteiger partial charge in [0.05, 0.1) is 7.11 Å². The summed E-state index contributed by atoms with van der Waals surface area (Å²) in [6.45, 7) is 4.01. The van der Waals surface area contributed by atoms with Gasteiger partial charge < -0.3 is 20.3 Å². The minimum absolute atomic E-state index is 0.0903. The van der Waals surface area contributed by atoms with Gasteiger partial charge in [-0.1, -0.05) is 31.1 Å². The lowest BCUT2D eigenvalue weighted by atomic mass is 9.93. The topological polar surface area (TPSA) is 114 Å². The van der Waals surface area contributed by atoms with Crippen molar-refractivity contribution in [2.45, 2.75) is 45.4 Å². The van der Waals surface area contributed by atoms with Gasteiger partial charge in [0.1, 0.15) is 5.75 Å². The molecule has 9 nitrogen and oxygen atoms in total. The van der Waals surface area contributed by atoms with Crippen molar-refractivity contribution in [1.82, 2.24) is 20.4 Å². The van der Waals surface area contributed by atoms with Crippen molar-refractivity contribution in [3.8, 4) is 5.75 Å². The van der Waals surface area contributed by atoms with E-state index in [-0.39, 0.29) is 27.7 Å². The first-order valence-corrected chi connectivity index (χ1v) is 12.2. The molecule has 0 atom stereocenters.